The van der Waals surface area contributed by atoms with Gasteiger partial charge in [0, 0.05) is 10.4 Å². The highest BCUT2D eigenvalue weighted by atomic mass is 32.1. The second-order valence-corrected chi connectivity index (χ2v) is 6.02. The van der Waals surface area contributed by atoms with E-state index in [1.807, 2.05) is 0 Å². The number of thiophene rings is 1. The molecule has 0 amide bonds. The van der Waals surface area contributed by atoms with Gasteiger partial charge in [-0.25, -0.2) is 4.79 Å². The van der Waals surface area contributed by atoms with Crippen LogP contribution in [0.4, 0.5) is 26.3 Å². The zero-order valence-corrected chi connectivity index (χ0v) is 13.3. The van der Waals surface area contributed by atoms with Gasteiger partial charge in [0.05, 0.1) is 4.88 Å². The molecule has 0 aliphatic rings. The monoisotopic (exact) mass is 397 g/mol. The quantitative estimate of drug-likeness (QED) is 0.363. The van der Waals surface area contributed by atoms with Crippen molar-refractivity contribution in [3.63, 3.8) is 0 Å². The topological polar surface area (TPSA) is 69.4 Å². The highest BCUT2D eigenvalue weighted by molar-refractivity contribution is 7.17. The minimum atomic E-state index is -5.18. The van der Waals surface area contributed by atoms with Crippen LogP contribution >= 0.6 is 11.3 Å². The van der Waals surface area contributed by atoms with E-state index in [1.54, 1.807) is 0 Å². The average Bonchev–Trinajstić information content (AvgIpc) is 3.02. The molecule has 2 rings (SSSR count). The SMILES string of the molecule is NC(OC(=O)C(F)(F)F)c1ccc(-c2ccc(C(=O)C(F)(F)F)s2)cc1. The Labute approximate surface area is 146 Å². The predicted molar refractivity (Wildman–Crippen MR) is 79.2 cm³/mol. The van der Waals surface area contributed by atoms with E-state index in [9.17, 15) is 35.9 Å². The standard InChI is InChI=1S/C15H9F6NO3S/c16-14(17,18)11(23)10-6-5-9(26-10)7-1-3-8(4-2-7)12(22)25-13(24)15(19,20)21/h1-6,12H,22H2. The molecular weight excluding hydrogens is 388 g/mol. The number of ether oxygens (including phenoxy) is 1. The van der Waals surface area contributed by atoms with E-state index in [2.05, 4.69) is 4.74 Å². The van der Waals surface area contributed by atoms with Crippen molar-refractivity contribution in [3.05, 3.63) is 46.8 Å². The fraction of sp³-hybridized carbons (Fsp3) is 0.200. The Balaban J connectivity index is 2.14. The van der Waals surface area contributed by atoms with Crippen LogP contribution < -0.4 is 5.73 Å². The summed E-state index contributed by atoms with van der Waals surface area (Å²) in [5.74, 6) is -4.41. The van der Waals surface area contributed by atoms with E-state index in [4.69, 9.17) is 5.73 Å². The van der Waals surface area contributed by atoms with Crippen molar-refractivity contribution in [3.8, 4) is 10.4 Å². The molecule has 1 aromatic heterocycles. The van der Waals surface area contributed by atoms with Crippen LogP contribution in [0.25, 0.3) is 10.4 Å². The van der Waals surface area contributed by atoms with Gasteiger partial charge in [-0.15, -0.1) is 11.3 Å². The van der Waals surface area contributed by atoms with Gasteiger partial charge in [0.25, 0.3) is 5.78 Å². The maximum Gasteiger partial charge on any atom is 0.490 e. The molecule has 0 saturated carbocycles. The number of carbonyl (C=O) groups is 2. The Bertz CT molecular complexity index is 810. The second-order valence-electron chi connectivity index (χ2n) is 4.94. The summed E-state index contributed by atoms with van der Waals surface area (Å²) in [5, 5.41) is 0. The Morgan fingerprint density at radius 1 is 0.923 bits per heavy atom. The lowest BCUT2D eigenvalue weighted by atomic mass is 10.1. The molecule has 1 heterocycles. The normalized spacial score (nSPS) is 13.3. The van der Waals surface area contributed by atoms with E-state index >= 15 is 0 Å². The van der Waals surface area contributed by atoms with Crippen LogP contribution in [0.3, 0.4) is 0 Å². The van der Waals surface area contributed by atoms with E-state index in [0.717, 1.165) is 6.07 Å². The Hall–Kier alpha value is -2.40. The average molecular weight is 397 g/mol. The number of Topliss-reactive ketones (excluding diaryl/α,β-unsaturated/α-hetero) is 1. The largest absolute Gasteiger partial charge is 0.490 e. The number of carbonyl (C=O) groups excluding carboxylic acids is 2. The van der Waals surface area contributed by atoms with Crippen molar-refractivity contribution in [2.24, 2.45) is 5.73 Å². The van der Waals surface area contributed by atoms with Crippen LogP contribution in [-0.2, 0) is 9.53 Å². The molecule has 2 N–H and O–H groups in total. The first-order chi connectivity index (χ1) is 11.9. The smallest absolute Gasteiger partial charge is 0.436 e. The number of rotatable bonds is 4. The molecule has 4 nitrogen and oxygen atoms in total. The lowest BCUT2D eigenvalue weighted by Gasteiger charge is -2.14. The van der Waals surface area contributed by atoms with Gasteiger partial charge in [0.2, 0.25) is 0 Å². The number of hydrogen-bond donors (Lipinski definition) is 1. The molecule has 0 bridgehead atoms. The number of halogens is 6. The van der Waals surface area contributed by atoms with E-state index in [-0.39, 0.29) is 5.56 Å². The maximum atomic E-state index is 12.4. The van der Waals surface area contributed by atoms with Gasteiger partial charge >= 0.3 is 18.3 Å². The van der Waals surface area contributed by atoms with Gasteiger partial charge in [-0.2, -0.15) is 26.3 Å². The Morgan fingerprint density at radius 3 is 2.00 bits per heavy atom. The number of nitrogens with two attached hydrogens (primary N) is 1. The highest BCUT2D eigenvalue weighted by Gasteiger charge is 2.42. The van der Waals surface area contributed by atoms with Crippen LogP contribution in [0.5, 0.6) is 0 Å². The van der Waals surface area contributed by atoms with E-state index < -0.39 is 35.2 Å². The fourth-order valence-electron chi connectivity index (χ4n) is 1.84. The van der Waals surface area contributed by atoms with Crippen LogP contribution in [0.2, 0.25) is 0 Å². The molecule has 2 aromatic rings. The van der Waals surface area contributed by atoms with Crippen molar-refractivity contribution in [1.29, 1.82) is 0 Å². The third-order valence-corrected chi connectivity index (χ3v) is 4.21. The molecule has 26 heavy (non-hydrogen) atoms. The molecule has 1 aromatic carbocycles. The molecule has 0 aliphatic carbocycles. The predicted octanol–water partition coefficient (Wildman–Crippen LogP) is 4.22. The van der Waals surface area contributed by atoms with Gasteiger partial charge < -0.3 is 4.74 Å². The fourth-order valence-corrected chi connectivity index (χ4v) is 2.81. The number of esters is 1. The highest BCUT2D eigenvalue weighted by Crippen LogP contribution is 2.32. The third-order valence-electron chi connectivity index (χ3n) is 3.08. The molecule has 0 saturated heterocycles. The van der Waals surface area contributed by atoms with Gasteiger partial charge in [-0.3, -0.25) is 10.5 Å². The summed E-state index contributed by atoms with van der Waals surface area (Å²) in [4.78, 5) is 21.7. The zero-order valence-electron chi connectivity index (χ0n) is 12.5. The van der Waals surface area contributed by atoms with Crippen LogP contribution in [0.15, 0.2) is 36.4 Å². The molecule has 1 unspecified atom stereocenters. The Morgan fingerprint density at radius 2 is 1.50 bits per heavy atom. The summed E-state index contributed by atoms with van der Waals surface area (Å²) in [6.45, 7) is 0. The van der Waals surface area contributed by atoms with Crippen molar-refractivity contribution in [2.75, 3.05) is 0 Å². The molecule has 0 aliphatic heterocycles. The van der Waals surface area contributed by atoms with Crippen molar-refractivity contribution < 1.29 is 40.7 Å². The van der Waals surface area contributed by atoms with Gasteiger partial charge in [-0.05, 0) is 17.7 Å². The third kappa shape index (κ3) is 4.61. The summed E-state index contributed by atoms with van der Waals surface area (Å²) in [5.41, 5.74) is 5.82. The summed E-state index contributed by atoms with van der Waals surface area (Å²) < 4.78 is 77.6. The molecule has 0 spiro atoms. The maximum absolute atomic E-state index is 12.4. The molecular formula is C15H9F6NO3S. The number of hydrogen-bond acceptors (Lipinski definition) is 5. The molecule has 0 fully saturated rings. The van der Waals surface area contributed by atoms with E-state index in [0.29, 0.717) is 21.8 Å². The second kappa shape index (κ2) is 7.08. The lowest BCUT2D eigenvalue weighted by Crippen LogP contribution is -2.29. The first kappa shape index (κ1) is 19.9. The van der Waals surface area contributed by atoms with Crippen molar-refractivity contribution in [2.45, 2.75) is 18.6 Å². The summed E-state index contributed by atoms with van der Waals surface area (Å²) >= 11 is 0.614. The van der Waals surface area contributed by atoms with E-state index in [1.165, 1.54) is 30.3 Å². The first-order valence-corrected chi connectivity index (χ1v) is 7.56. The number of ketones is 1. The van der Waals surface area contributed by atoms with Crippen LogP contribution in [0, 0.1) is 0 Å². The first-order valence-electron chi connectivity index (χ1n) is 6.74. The van der Waals surface area contributed by atoms with Crippen LogP contribution in [-0.4, -0.2) is 24.1 Å². The number of benzene rings is 1. The summed E-state index contributed by atoms with van der Waals surface area (Å²) in [6, 6.07) is 7.58. The van der Waals surface area contributed by atoms with Crippen molar-refractivity contribution in [1.82, 2.24) is 0 Å². The lowest BCUT2D eigenvalue weighted by molar-refractivity contribution is -0.205. The zero-order chi connectivity index (χ0) is 19.7. The minimum Gasteiger partial charge on any atom is -0.436 e. The molecule has 140 valence electrons. The summed E-state index contributed by atoms with van der Waals surface area (Å²) in [7, 11) is 0. The van der Waals surface area contributed by atoms with Crippen LogP contribution in [0.1, 0.15) is 21.5 Å². The van der Waals surface area contributed by atoms with Gasteiger partial charge in [0.15, 0.2) is 6.23 Å². The molecule has 0 radical (unpaired) electrons. The summed E-state index contributed by atoms with van der Waals surface area (Å²) in [6.07, 6.45) is -11.8. The van der Waals surface area contributed by atoms with Gasteiger partial charge in [-0.1, -0.05) is 24.3 Å². The van der Waals surface area contributed by atoms with Crippen molar-refractivity contribution >= 4 is 23.1 Å². The van der Waals surface area contributed by atoms with Gasteiger partial charge in [0.1, 0.15) is 0 Å². The molecule has 1 atom stereocenters. The number of alkyl halides is 6. The Kier molecular flexibility index (Phi) is 5.42. The molecule has 11 heteroatoms. The minimum absolute atomic E-state index is 0.0505.